The average Bonchev–Trinajstić information content (AvgIpc) is 2.72. The number of carboxylic acid groups (broad SMARTS) is 1. The molecule has 2 fully saturated rings. The van der Waals surface area contributed by atoms with E-state index >= 15 is 0 Å². The number of amides is 1. The summed E-state index contributed by atoms with van der Waals surface area (Å²) in [6.07, 6.45) is 3.45. The maximum Gasteiger partial charge on any atom is 0.329 e. The van der Waals surface area contributed by atoms with E-state index in [9.17, 15) is 14.7 Å². The first kappa shape index (κ1) is 10.9. The van der Waals surface area contributed by atoms with E-state index in [1.807, 2.05) is 0 Å². The minimum absolute atomic E-state index is 0.0267. The molecular weight excluding hydrogens is 262 g/mol. The molecule has 1 aliphatic carbocycles. The Kier molecular flexibility index (Phi) is 2.75. The number of rotatable bonds is 2. The molecule has 1 N–H and O–H groups in total. The number of carbonyl (C=O) groups excluding carboxylic acids is 1. The largest absolute Gasteiger partial charge is 0.479 e. The molecule has 15 heavy (non-hydrogen) atoms. The summed E-state index contributed by atoms with van der Waals surface area (Å²) in [5, 5.41) is 9.32. The molecule has 1 saturated heterocycles. The van der Waals surface area contributed by atoms with E-state index in [1.54, 1.807) is 4.90 Å². The number of alkyl halides is 1. The fourth-order valence-corrected chi connectivity index (χ4v) is 3.20. The molecule has 1 amide bonds. The van der Waals surface area contributed by atoms with E-state index in [0.29, 0.717) is 25.8 Å². The van der Waals surface area contributed by atoms with Crippen LogP contribution in [0.15, 0.2) is 0 Å². The lowest BCUT2D eigenvalue weighted by molar-refractivity contribution is -0.156. The molecule has 0 aromatic rings. The highest BCUT2D eigenvalue weighted by atomic mass is 79.9. The van der Waals surface area contributed by atoms with Gasteiger partial charge in [0, 0.05) is 17.8 Å². The van der Waals surface area contributed by atoms with Gasteiger partial charge in [-0.05, 0) is 12.8 Å². The van der Waals surface area contributed by atoms with Crippen LogP contribution in [0.5, 0.6) is 0 Å². The number of hydrogen-bond donors (Lipinski definition) is 1. The molecule has 5 heteroatoms. The van der Waals surface area contributed by atoms with E-state index in [-0.39, 0.29) is 10.7 Å². The van der Waals surface area contributed by atoms with Crippen LogP contribution in [0, 0.1) is 0 Å². The van der Waals surface area contributed by atoms with E-state index in [0.717, 1.165) is 12.8 Å². The summed E-state index contributed by atoms with van der Waals surface area (Å²) in [7, 11) is 0. The molecule has 4 nitrogen and oxygen atoms in total. The van der Waals surface area contributed by atoms with Crippen molar-refractivity contribution in [3.05, 3.63) is 0 Å². The summed E-state index contributed by atoms with van der Waals surface area (Å²) in [5.74, 6) is -0.865. The molecule has 84 valence electrons. The summed E-state index contributed by atoms with van der Waals surface area (Å²) >= 11 is 3.38. The quantitative estimate of drug-likeness (QED) is 0.775. The number of aliphatic carboxylic acids is 1. The van der Waals surface area contributed by atoms with Crippen LogP contribution in [-0.4, -0.2) is 38.8 Å². The molecule has 2 aliphatic rings. The van der Waals surface area contributed by atoms with Gasteiger partial charge in [-0.1, -0.05) is 28.8 Å². The van der Waals surface area contributed by atoms with Gasteiger partial charge in [0.05, 0.1) is 0 Å². The zero-order valence-corrected chi connectivity index (χ0v) is 9.99. The van der Waals surface area contributed by atoms with Gasteiger partial charge >= 0.3 is 5.97 Å². The smallest absolute Gasteiger partial charge is 0.329 e. The SMILES string of the molecule is O=C1CC(Br)CN1C1(C(=O)O)CCCC1. The van der Waals surface area contributed by atoms with Gasteiger partial charge in [-0.3, -0.25) is 4.79 Å². The average molecular weight is 276 g/mol. The van der Waals surface area contributed by atoms with Gasteiger partial charge in [0.2, 0.25) is 5.91 Å². The molecule has 1 unspecified atom stereocenters. The Balaban J connectivity index is 2.26. The fraction of sp³-hybridized carbons (Fsp3) is 0.800. The Morgan fingerprint density at radius 3 is 2.47 bits per heavy atom. The van der Waals surface area contributed by atoms with Crippen LogP contribution in [0.3, 0.4) is 0 Å². The third-order valence-electron chi connectivity index (χ3n) is 3.42. The lowest BCUT2D eigenvalue weighted by atomic mass is 9.95. The molecule has 1 saturated carbocycles. The number of nitrogens with zero attached hydrogens (tertiary/aromatic N) is 1. The van der Waals surface area contributed by atoms with Gasteiger partial charge < -0.3 is 10.0 Å². The lowest BCUT2D eigenvalue weighted by Gasteiger charge is -2.34. The van der Waals surface area contributed by atoms with Crippen molar-refractivity contribution in [1.82, 2.24) is 4.90 Å². The predicted octanol–water partition coefficient (Wildman–Crippen LogP) is 1.38. The van der Waals surface area contributed by atoms with Gasteiger partial charge in [0.15, 0.2) is 0 Å². The standard InChI is InChI=1S/C10H14BrNO3/c11-7-5-8(13)12(6-7)10(9(14)15)3-1-2-4-10/h7H,1-6H2,(H,14,15). The minimum Gasteiger partial charge on any atom is -0.479 e. The third-order valence-corrected chi connectivity index (χ3v) is 4.04. The zero-order chi connectivity index (χ0) is 11.1. The van der Waals surface area contributed by atoms with Crippen LogP contribution in [0.1, 0.15) is 32.1 Å². The second-order valence-corrected chi connectivity index (χ2v) is 5.64. The highest BCUT2D eigenvalue weighted by molar-refractivity contribution is 9.09. The molecule has 2 rings (SSSR count). The molecule has 1 atom stereocenters. The van der Waals surface area contributed by atoms with Crippen molar-refractivity contribution < 1.29 is 14.7 Å². The van der Waals surface area contributed by atoms with Crippen LogP contribution in [0.4, 0.5) is 0 Å². The maximum absolute atomic E-state index is 11.7. The topological polar surface area (TPSA) is 57.6 Å². The van der Waals surface area contributed by atoms with E-state index in [1.165, 1.54) is 0 Å². The summed E-state index contributed by atoms with van der Waals surface area (Å²) in [4.78, 5) is 24.8. The van der Waals surface area contributed by atoms with Gasteiger partial charge in [-0.2, -0.15) is 0 Å². The van der Waals surface area contributed by atoms with Crippen molar-refractivity contribution in [2.45, 2.75) is 42.5 Å². The Bertz CT molecular complexity index is 299. The van der Waals surface area contributed by atoms with E-state index in [4.69, 9.17) is 0 Å². The Morgan fingerprint density at radius 1 is 1.47 bits per heavy atom. The van der Waals surface area contributed by atoms with Crippen LogP contribution >= 0.6 is 15.9 Å². The highest BCUT2D eigenvalue weighted by Gasteiger charge is 2.51. The Labute approximate surface area is 96.8 Å². The number of halogens is 1. The molecule has 0 aromatic carbocycles. The molecule has 1 heterocycles. The van der Waals surface area contributed by atoms with Crippen molar-refractivity contribution in [1.29, 1.82) is 0 Å². The first-order valence-electron chi connectivity index (χ1n) is 5.24. The van der Waals surface area contributed by atoms with Gasteiger partial charge in [0.1, 0.15) is 5.54 Å². The zero-order valence-electron chi connectivity index (χ0n) is 8.41. The first-order valence-corrected chi connectivity index (χ1v) is 6.16. The van der Waals surface area contributed by atoms with Crippen LogP contribution in [-0.2, 0) is 9.59 Å². The maximum atomic E-state index is 11.7. The molecule has 1 aliphatic heterocycles. The number of likely N-dealkylation sites (tertiary alicyclic amines) is 1. The van der Waals surface area contributed by atoms with Crippen molar-refractivity contribution in [3.8, 4) is 0 Å². The predicted molar refractivity (Wildman–Crippen MR) is 57.9 cm³/mol. The van der Waals surface area contributed by atoms with Crippen LogP contribution in [0.2, 0.25) is 0 Å². The molecular formula is C10H14BrNO3. The molecule has 0 bridgehead atoms. The summed E-state index contributed by atoms with van der Waals surface area (Å²) in [6.45, 7) is 0.533. The van der Waals surface area contributed by atoms with E-state index < -0.39 is 11.5 Å². The normalized spacial score (nSPS) is 29.8. The van der Waals surface area contributed by atoms with Gasteiger partial charge in [-0.25, -0.2) is 4.79 Å². The lowest BCUT2D eigenvalue weighted by Crippen LogP contribution is -2.53. The molecule has 0 radical (unpaired) electrons. The highest BCUT2D eigenvalue weighted by Crippen LogP contribution is 2.39. The number of carboxylic acids is 1. The number of hydrogen-bond acceptors (Lipinski definition) is 2. The second-order valence-electron chi connectivity index (χ2n) is 4.35. The summed E-state index contributed by atoms with van der Waals surface area (Å²) < 4.78 is 0. The molecule has 0 aromatic heterocycles. The fourth-order valence-electron chi connectivity index (χ4n) is 2.64. The van der Waals surface area contributed by atoms with Crippen molar-refractivity contribution in [3.63, 3.8) is 0 Å². The second kappa shape index (κ2) is 3.77. The van der Waals surface area contributed by atoms with Crippen molar-refractivity contribution in [2.24, 2.45) is 0 Å². The third kappa shape index (κ3) is 1.67. The van der Waals surface area contributed by atoms with Crippen molar-refractivity contribution >= 4 is 27.8 Å². The van der Waals surface area contributed by atoms with Gasteiger partial charge in [0.25, 0.3) is 0 Å². The minimum atomic E-state index is -0.903. The Morgan fingerprint density at radius 2 is 2.07 bits per heavy atom. The number of carbonyl (C=O) groups is 2. The molecule has 0 spiro atoms. The van der Waals surface area contributed by atoms with Crippen molar-refractivity contribution in [2.75, 3.05) is 6.54 Å². The first-order chi connectivity index (χ1) is 7.06. The summed E-state index contributed by atoms with van der Waals surface area (Å²) in [5.41, 5.74) is -0.903. The van der Waals surface area contributed by atoms with Crippen LogP contribution < -0.4 is 0 Å². The monoisotopic (exact) mass is 275 g/mol. The van der Waals surface area contributed by atoms with Crippen LogP contribution in [0.25, 0.3) is 0 Å². The van der Waals surface area contributed by atoms with Gasteiger partial charge in [-0.15, -0.1) is 0 Å². The van der Waals surface area contributed by atoms with E-state index in [2.05, 4.69) is 15.9 Å². The summed E-state index contributed by atoms with van der Waals surface area (Å²) in [6, 6.07) is 0. The Hall–Kier alpha value is -0.580.